The molecule has 6 unspecified atom stereocenters. The zero-order valence-corrected chi connectivity index (χ0v) is 27.7. The summed E-state index contributed by atoms with van der Waals surface area (Å²) in [6.07, 6.45) is 26.9. The Labute approximate surface area is 288 Å². The maximum absolute atomic E-state index is 10.1. The molecule has 0 spiro atoms. The molecule has 1 saturated heterocycles. The number of rotatable bonds is 4. The van der Waals surface area contributed by atoms with E-state index in [0.29, 0.717) is 29.5 Å². The molecule has 49 heavy (non-hydrogen) atoms. The molecule has 3 aromatic carbocycles. The van der Waals surface area contributed by atoms with Gasteiger partial charge in [0.15, 0.2) is 0 Å². The quantitative estimate of drug-likeness (QED) is 0.210. The third kappa shape index (κ3) is 4.62. The lowest BCUT2D eigenvalue weighted by molar-refractivity contribution is 0.458. The minimum atomic E-state index is -0.137. The van der Waals surface area contributed by atoms with Gasteiger partial charge in [0.25, 0.3) is 0 Å². The number of nitriles is 2. The average molecular weight is 635 g/mol. The fourth-order valence-corrected chi connectivity index (χ4v) is 9.35. The predicted molar refractivity (Wildman–Crippen MR) is 200 cm³/mol. The number of fused-ring (bicyclic) bond motifs is 6. The summed E-state index contributed by atoms with van der Waals surface area (Å²) in [4.78, 5) is 2.67. The molecule has 0 saturated carbocycles. The molecular formula is C45H38N4. The first kappa shape index (κ1) is 29.6. The van der Waals surface area contributed by atoms with Gasteiger partial charge in [0.1, 0.15) is 0 Å². The standard InChI is InChI=1S/C45H38N4/c1-29-32(28-47)21-24-39-38-14-6-7-15-41(38)48(45(29)39)33-22-19-31(20-23-33)34-10-2-3-11-35(34)40-26-30(27-46)18-25-44(40)49-42-16-8-4-12-36(42)37-13-5-9-17-43(37)49/h2-8,10-16,18-19,21-22,24-26,29,32,36-37,42-43H,9,17,20,23H2,1H3. The fourth-order valence-electron chi connectivity index (χ4n) is 9.35. The largest absolute Gasteiger partial charge is 0.360 e. The van der Waals surface area contributed by atoms with E-state index in [1.165, 1.54) is 50.2 Å². The second-order valence-corrected chi connectivity index (χ2v) is 14.1. The second kappa shape index (κ2) is 11.8. The summed E-state index contributed by atoms with van der Waals surface area (Å²) in [6, 6.07) is 29.4. The summed E-state index contributed by atoms with van der Waals surface area (Å²) in [5, 5.41) is 21.2. The minimum absolute atomic E-state index is 0.106. The highest BCUT2D eigenvalue weighted by Gasteiger charge is 2.47. The number of benzene rings is 3. The van der Waals surface area contributed by atoms with Crippen LogP contribution in [0.2, 0.25) is 0 Å². The first-order valence-corrected chi connectivity index (χ1v) is 17.7. The number of anilines is 1. The average Bonchev–Trinajstić information content (AvgIpc) is 3.68. The van der Waals surface area contributed by atoms with Crippen LogP contribution in [0.4, 0.5) is 5.69 Å². The molecule has 4 heteroatoms. The Morgan fingerprint density at radius 1 is 0.796 bits per heavy atom. The van der Waals surface area contributed by atoms with Crippen LogP contribution in [-0.4, -0.2) is 16.7 Å². The van der Waals surface area contributed by atoms with Crippen molar-refractivity contribution in [1.29, 1.82) is 10.5 Å². The van der Waals surface area contributed by atoms with Crippen molar-refractivity contribution in [3.63, 3.8) is 0 Å². The Morgan fingerprint density at radius 2 is 1.63 bits per heavy atom. The maximum atomic E-state index is 10.1. The Bertz CT molecular complexity index is 2270. The van der Waals surface area contributed by atoms with E-state index in [2.05, 4.69) is 150 Å². The van der Waals surface area contributed by atoms with Gasteiger partial charge in [-0.05, 0) is 72.7 Å². The van der Waals surface area contributed by atoms with Crippen molar-refractivity contribution in [3.8, 4) is 23.3 Å². The van der Waals surface area contributed by atoms with Crippen LogP contribution < -0.4 is 4.90 Å². The second-order valence-electron chi connectivity index (χ2n) is 14.1. The zero-order valence-electron chi connectivity index (χ0n) is 27.7. The smallest absolute Gasteiger partial charge is 0.0991 e. The van der Waals surface area contributed by atoms with Crippen LogP contribution in [0.25, 0.3) is 39.4 Å². The molecule has 4 aliphatic carbocycles. The van der Waals surface area contributed by atoms with Gasteiger partial charge in [-0.15, -0.1) is 0 Å². The van der Waals surface area contributed by atoms with Crippen LogP contribution in [-0.2, 0) is 0 Å². The van der Waals surface area contributed by atoms with Gasteiger partial charge in [-0.1, -0.05) is 104 Å². The van der Waals surface area contributed by atoms with Gasteiger partial charge in [-0.3, -0.25) is 0 Å². The Hall–Kier alpha value is -5.58. The molecule has 0 radical (unpaired) electrons. The first-order chi connectivity index (χ1) is 24.2. The monoisotopic (exact) mass is 634 g/mol. The normalized spacial score (nSPS) is 26.4. The molecule has 1 aliphatic heterocycles. The topological polar surface area (TPSA) is 55.8 Å². The first-order valence-electron chi connectivity index (χ1n) is 17.7. The maximum Gasteiger partial charge on any atom is 0.0991 e. The van der Waals surface area contributed by atoms with Gasteiger partial charge >= 0.3 is 0 Å². The molecule has 0 N–H and O–H groups in total. The van der Waals surface area contributed by atoms with Gasteiger partial charge in [0.2, 0.25) is 0 Å². The van der Waals surface area contributed by atoms with Crippen molar-refractivity contribution >= 4 is 33.9 Å². The van der Waals surface area contributed by atoms with Crippen molar-refractivity contribution in [2.45, 2.75) is 50.6 Å². The van der Waals surface area contributed by atoms with Crippen molar-refractivity contribution < 1.29 is 0 Å². The van der Waals surface area contributed by atoms with Gasteiger partial charge in [0, 0.05) is 57.4 Å². The molecule has 0 bridgehead atoms. The molecule has 4 aromatic rings. The summed E-state index contributed by atoms with van der Waals surface area (Å²) in [5.41, 5.74) is 11.7. The molecular weight excluding hydrogens is 597 g/mol. The van der Waals surface area contributed by atoms with Crippen molar-refractivity contribution in [2.24, 2.45) is 17.8 Å². The summed E-state index contributed by atoms with van der Waals surface area (Å²) in [5.74, 6) is 0.906. The lowest BCUT2D eigenvalue weighted by Crippen LogP contribution is -2.38. The number of aromatic nitrogens is 1. The highest BCUT2D eigenvalue weighted by molar-refractivity contribution is 5.96. The molecule has 0 amide bonds. The van der Waals surface area contributed by atoms with Gasteiger partial charge in [-0.2, -0.15) is 10.5 Å². The van der Waals surface area contributed by atoms with Crippen molar-refractivity contribution in [3.05, 3.63) is 144 Å². The van der Waals surface area contributed by atoms with Crippen LogP contribution in [0.5, 0.6) is 0 Å². The minimum Gasteiger partial charge on any atom is -0.360 e. The van der Waals surface area contributed by atoms with Crippen LogP contribution >= 0.6 is 0 Å². The number of hydrogen-bond donors (Lipinski definition) is 0. The molecule has 2 heterocycles. The molecule has 6 atom stereocenters. The van der Waals surface area contributed by atoms with Gasteiger partial charge in [-0.25, -0.2) is 0 Å². The summed E-state index contributed by atoms with van der Waals surface area (Å²) >= 11 is 0. The summed E-state index contributed by atoms with van der Waals surface area (Å²) in [6.45, 7) is 2.19. The third-order valence-electron chi connectivity index (χ3n) is 11.6. The third-order valence-corrected chi connectivity index (χ3v) is 11.6. The SMILES string of the molecule is CC1c2c(c3ccccc3n2C2=CC=C(c3ccccc3-c3cc(C#N)ccc3N3C4C=CC=CC4C4C=CCCC43)CC2)C=CC1C#N. The Morgan fingerprint density at radius 3 is 2.47 bits per heavy atom. The lowest BCUT2D eigenvalue weighted by atomic mass is 9.81. The molecule has 5 aliphatic rings. The van der Waals surface area contributed by atoms with E-state index in [-0.39, 0.29) is 11.8 Å². The van der Waals surface area contributed by atoms with Crippen LogP contribution in [0.15, 0.2) is 121 Å². The van der Waals surface area contributed by atoms with E-state index in [1.807, 2.05) is 6.07 Å². The van der Waals surface area contributed by atoms with E-state index in [9.17, 15) is 10.5 Å². The predicted octanol–water partition coefficient (Wildman–Crippen LogP) is 10.4. The van der Waals surface area contributed by atoms with Crippen LogP contribution in [0, 0.1) is 40.4 Å². The summed E-state index contributed by atoms with van der Waals surface area (Å²) in [7, 11) is 0. The zero-order chi connectivity index (χ0) is 33.1. The van der Waals surface area contributed by atoms with E-state index in [1.54, 1.807) is 0 Å². The Kier molecular flexibility index (Phi) is 7.14. The van der Waals surface area contributed by atoms with Crippen LogP contribution in [0.3, 0.4) is 0 Å². The summed E-state index contributed by atoms with van der Waals surface area (Å²) < 4.78 is 2.43. The van der Waals surface area contributed by atoms with E-state index >= 15 is 0 Å². The molecule has 1 aromatic heterocycles. The number of allylic oxidation sites excluding steroid dienone is 8. The van der Waals surface area contributed by atoms with Gasteiger partial charge < -0.3 is 9.47 Å². The molecule has 9 rings (SSSR count). The van der Waals surface area contributed by atoms with Gasteiger partial charge in [0.05, 0.1) is 35.2 Å². The molecule has 4 nitrogen and oxygen atoms in total. The highest BCUT2D eigenvalue weighted by atomic mass is 15.2. The molecule has 1 fully saturated rings. The lowest BCUT2D eigenvalue weighted by Gasteiger charge is -2.35. The fraction of sp³-hybridized carbons (Fsp3) is 0.244. The highest BCUT2D eigenvalue weighted by Crippen LogP contribution is 2.50. The molecule has 238 valence electrons. The van der Waals surface area contributed by atoms with E-state index in [0.717, 1.165) is 31.2 Å². The van der Waals surface area contributed by atoms with Crippen molar-refractivity contribution in [1.82, 2.24) is 4.57 Å². The van der Waals surface area contributed by atoms with E-state index < -0.39 is 0 Å². The van der Waals surface area contributed by atoms with Crippen molar-refractivity contribution in [2.75, 3.05) is 4.90 Å². The number of hydrogen-bond acceptors (Lipinski definition) is 3. The number of para-hydroxylation sites is 1. The van der Waals surface area contributed by atoms with Crippen LogP contribution in [0.1, 0.15) is 60.9 Å². The Balaban J connectivity index is 1.15. The van der Waals surface area contributed by atoms with E-state index in [4.69, 9.17) is 0 Å². The number of nitrogens with zero attached hydrogens (tertiary/aromatic N) is 4.